The minimum atomic E-state index is -4.90. The summed E-state index contributed by atoms with van der Waals surface area (Å²) in [6.07, 6.45) is -3.67. The molecule has 0 amide bonds. The Morgan fingerprint density at radius 2 is 1.43 bits per heavy atom. The van der Waals surface area contributed by atoms with Crippen molar-refractivity contribution in [3.8, 4) is 11.5 Å². The Hall–Kier alpha value is -7.19. The predicted octanol–water partition coefficient (Wildman–Crippen LogP) is 7.20. The molecule has 420 valence electrons. The lowest BCUT2D eigenvalue weighted by molar-refractivity contribution is -0.0617. The topological polar surface area (TPSA) is 331 Å². The van der Waals surface area contributed by atoms with Crippen LogP contribution in [-0.2, 0) is 53.6 Å². The zero-order valence-electron chi connectivity index (χ0n) is 43.4. The maximum Gasteiger partial charge on any atom is 0.475 e. The quantitative estimate of drug-likeness (QED) is 0.0503. The van der Waals surface area contributed by atoms with Gasteiger partial charge in [0.25, 0.3) is 5.56 Å². The first-order chi connectivity index (χ1) is 39.0. The van der Waals surface area contributed by atoms with Crippen LogP contribution in [0.3, 0.4) is 0 Å². The minimum absolute atomic E-state index is 0.0275. The number of hydrogen-bond acceptors (Lipinski definition) is 23. The monoisotopic (exact) mass is 1160 g/mol. The number of nitrogen functional groups attached to an aromatic ring is 2. The van der Waals surface area contributed by atoms with Crippen LogP contribution in [0, 0.1) is 25.2 Å². The Balaban J connectivity index is 0.883. The molecule has 2 aliphatic carbocycles. The van der Waals surface area contributed by atoms with Crippen LogP contribution in [0.4, 0.5) is 11.8 Å². The molecule has 1 unspecified atom stereocenters. The number of benzene rings is 4. The number of hydrogen-bond donors (Lipinski definition) is 4. The van der Waals surface area contributed by atoms with Gasteiger partial charge in [0.05, 0.1) is 49.6 Å². The zero-order valence-corrected chi connectivity index (χ0v) is 46.0. The van der Waals surface area contributed by atoms with Crippen molar-refractivity contribution < 1.29 is 65.4 Å². The second kappa shape index (κ2) is 21.6. The SMILES string of the molecule is CO[C@H]1[C@H]2OP(=O)(OCc3ccc(OC(=O)c4ccc(C)cc4)cc3)OC[C@]34C[C@@H]3[C@@H](n3cnc5c(N)ncnc53)[C@H](O)[C@@H]4O[P@@](=O)(SCc3ccc(OC(=O)c4ccc(C)cc4)cc3)OC[C@H]1O[C@H]2n1cnc2c(=O)[nH]c(N)nc21. The van der Waals surface area contributed by atoms with Gasteiger partial charge in [0.15, 0.2) is 28.9 Å². The molecule has 6 heterocycles. The number of aryl methyl sites for hydroxylation is 2. The van der Waals surface area contributed by atoms with Gasteiger partial charge in [-0.2, -0.15) is 4.98 Å². The summed E-state index contributed by atoms with van der Waals surface area (Å²) in [5, 5.41) is 12.6. The van der Waals surface area contributed by atoms with Crippen molar-refractivity contribution >= 4 is 72.0 Å². The molecule has 28 heteroatoms. The van der Waals surface area contributed by atoms with Crippen molar-refractivity contribution in [2.45, 2.75) is 75.4 Å². The third-order valence-electron chi connectivity index (χ3n) is 14.8. The molecule has 25 nitrogen and oxygen atoms in total. The van der Waals surface area contributed by atoms with Crippen LogP contribution in [0.1, 0.15) is 61.7 Å². The fourth-order valence-corrected chi connectivity index (χ4v) is 15.4. The second-order valence-corrected chi connectivity index (χ2v) is 25.7. The number of imidazole rings is 2. The molecule has 12 rings (SSSR count). The van der Waals surface area contributed by atoms with Gasteiger partial charge < -0.3 is 40.1 Å². The van der Waals surface area contributed by atoms with Crippen LogP contribution in [0.15, 0.2) is 121 Å². The third-order valence-corrected chi connectivity index (χ3v) is 19.8. The standard InChI is InChI=1S/C53H52N10O15P2S/c1-28-4-12-32(13-5-28)50(66)74-34-16-8-30(9-17-34)21-71-79(68)73-24-53-20-36(53)40(62-26-58-38-45(54)56-25-57-46(38)62)41(64)44(53)78-80(69,81-23-31-10-18-35(19-11-31)75-51(67)33-14-6-29(2)7-15-33)72-22-37-42(70-3)43(77-79)49(76-37)63-27-59-39-47(63)60-52(55)61-48(39)65/h4-19,25-27,36-37,40-44,49,64H,20-24H2,1-3H3,(H2,54,56,57)(H3,55,60,61,65)/t36-,37-,40-,41+,42-,43-,44+,49-,53-,79?,80+/m1/s1. The minimum Gasteiger partial charge on any atom is -0.423 e. The number of nitrogens with one attached hydrogen (secondary N) is 1. The largest absolute Gasteiger partial charge is 0.475 e. The number of aliphatic hydroxyl groups excluding tert-OH is 1. The number of phosphoric ester groups is 1. The van der Waals surface area contributed by atoms with Gasteiger partial charge >= 0.3 is 26.6 Å². The van der Waals surface area contributed by atoms with Crippen molar-refractivity contribution in [1.82, 2.24) is 39.0 Å². The van der Waals surface area contributed by atoms with Crippen molar-refractivity contribution in [2.24, 2.45) is 11.3 Å². The summed E-state index contributed by atoms with van der Waals surface area (Å²) in [5.41, 5.74) is 14.6. The molecule has 6 N–H and O–H groups in total. The van der Waals surface area contributed by atoms with Gasteiger partial charge in [-0.05, 0) is 97.2 Å². The normalized spacial score (nSPS) is 28.1. The number of methoxy groups -OCH3 is 1. The predicted molar refractivity (Wildman–Crippen MR) is 291 cm³/mol. The van der Waals surface area contributed by atoms with E-state index in [2.05, 4.69) is 29.9 Å². The van der Waals surface area contributed by atoms with Crippen LogP contribution in [0.2, 0.25) is 0 Å². The lowest BCUT2D eigenvalue weighted by Gasteiger charge is -2.32. The van der Waals surface area contributed by atoms with Gasteiger partial charge in [0, 0.05) is 18.3 Å². The molecule has 4 aliphatic rings. The number of nitrogens with zero attached hydrogens (tertiary/aromatic N) is 7. The van der Waals surface area contributed by atoms with Gasteiger partial charge in [0.2, 0.25) is 5.95 Å². The molecular weight excluding hydrogens is 1110 g/mol. The highest BCUT2D eigenvalue weighted by molar-refractivity contribution is 8.54. The average molecular weight is 1160 g/mol. The van der Waals surface area contributed by atoms with Crippen LogP contribution < -0.4 is 26.5 Å². The Morgan fingerprint density at radius 1 is 0.802 bits per heavy atom. The summed E-state index contributed by atoms with van der Waals surface area (Å²) in [6, 6.07) is 26.0. The first-order valence-electron chi connectivity index (χ1n) is 25.4. The van der Waals surface area contributed by atoms with Gasteiger partial charge in [0.1, 0.15) is 53.9 Å². The summed E-state index contributed by atoms with van der Waals surface area (Å²) in [7, 11) is -3.55. The van der Waals surface area contributed by atoms with E-state index in [-0.39, 0.29) is 58.7 Å². The fraction of sp³-hybridized carbons (Fsp3) is 0.321. The van der Waals surface area contributed by atoms with E-state index in [1.54, 1.807) is 89.5 Å². The Labute approximate surface area is 464 Å². The molecule has 4 aromatic carbocycles. The summed E-state index contributed by atoms with van der Waals surface area (Å²) < 4.78 is 90.7. The Bertz CT molecular complexity index is 3850. The Morgan fingerprint density at radius 3 is 2.09 bits per heavy atom. The van der Waals surface area contributed by atoms with E-state index in [1.165, 1.54) is 30.7 Å². The van der Waals surface area contributed by atoms with E-state index in [0.29, 0.717) is 27.9 Å². The van der Waals surface area contributed by atoms with Crippen LogP contribution in [-0.4, -0.2) is 107 Å². The molecule has 8 aromatic rings. The summed E-state index contributed by atoms with van der Waals surface area (Å²) in [4.78, 5) is 62.9. The molecule has 4 fully saturated rings. The highest BCUT2D eigenvalue weighted by Gasteiger charge is 2.74. The fourth-order valence-electron chi connectivity index (χ4n) is 10.5. The summed E-state index contributed by atoms with van der Waals surface area (Å²) >= 11 is 0.829. The number of fused-ring (bicyclic) bond motifs is 4. The molecule has 11 atom stereocenters. The first kappa shape index (κ1) is 54.4. The molecule has 1 spiro atoms. The number of aromatic nitrogens is 8. The number of carbonyl (C=O) groups excluding carboxylic acids is 2. The number of carbonyl (C=O) groups is 2. The maximum absolute atomic E-state index is 15.7. The molecular formula is C53H52N10O15P2S. The molecule has 0 radical (unpaired) electrons. The number of anilines is 2. The van der Waals surface area contributed by atoms with Gasteiger partial charge in [-0.15, -0.1) is 0 Å². The summed E-state index contributed by atoms with van der Waals surface area (Å²) in [5.74, 6) is -1.21. The number of rotatable bonds is 13. The number of nitrogens with two attached hydrogens (primary N) is 2. The molecule has 2 saturated carbocycles. The highest BCUT2D eigenvalue weighted by Crippen LogP contribution is 2.75. The van der Waals surface area contributed by atoms with Crippen LogP contribution in [0.25, 0.3) is 22.3 Å². The Kier molecular flexibility index (Phi) is 14.5. The molecule has 2 aliphatic heterocycles. The summed E-state index contributed by atoms with van der Waals surface area (Å²) in [6.45, 7) is -2.00. The van der Waals surface area contributed by atoms with E-state index in [4.69, 9.17) is 53.0 Å². The number of aliphatic hydroxyl groups is 1. The zero-order chi connectivity index (χ0) is 56.4. The van der Waals surface area contributed by atoms with Crippen LogP contribution in [0.5, 0.6) is 11.5 Å². The van der Waals surface area contributed by atoms with Gasteiger partial charge in [-0.3, -0.25) is 37.0 Å². The maximum atomic E-state index is 15.7. The number of phosphoric acid groups is 1. The lowest BCUT2D eigenvalue weighted by atomic mass is 10.0. The van der Waals surface area contributed by atoms with Crippen molar-refractivity contribution in [1.29, 1.82) is 0 Å². The van der Waals surface area contributed by atoms with Crippen LogP contribution >= 0.6 is 26.0 Å². The number of aromatic amines is 1. The van der Waals surface area contributed by atoms with Gasteiger partial charge in [-0.1, -0.05) is 59.7 Å². The first-order valence-corrected chi connectivity index (χ1v) is 30.0. The van der Waals surface area contributed by atoms with Crippen molar-refractivity contribution in [2.75, 3.05) is 31.8 Å². The van der Waals surface area contributed by atoms with E-state index < -0.39 is 99.5 Å². The van der Waals surface area contributed by atoms with Gasteiger partial charge in [-0.25, -0.2) is 38.7 Å². The van der Waals surface area contributed by atoms with E-state index >= 15 is 9.13 Å². The van der Waals surface area contributed by atoms with E-state index in [9.17, 15) is 19.5 Å². The molecule has 2 saturated heterocycles. The molecule has 81 heavy (non-hydrogen) atoms. The van der Waals surface area contributed by atoms with Crippen molar-refractivity contribution in [3.63, 3.8) is 0 Å². The lowest BCUT2D eigenvalue weighted by Crippen LogP contribution is -2.38. The average Bonchev–Trinajstić information content (AvgIpc) is 2.03. The van der Waals surface area contributed by atoms with E-state index in [0.717, 1.165) is 22.5 Å². The molecule has 4 aromatic heterocycles. The second-order valence-electron chi connectivity index (χ2n) is 20.1. The number of esters is 2. The smallest absolute Gasteiger partial charge is 0.423 e. The third kappa shape index (κ3) is 10.7. The molecule has 2 bridgehead atoms. The number of H-pyrrole nitrogens is 1. The highest BCUT2D eigenvalue weighted by atomic mass is 32.7. The van der Waals surface area contributed by atoms with E-state index in [1.807, 2.05) is 26.0 Å². The van der Waals surface area contributed by atoms with Crippen molar-refractivity contribution in [3.05, 3.63) is 160 Å². The number of ether oxygens (including phenoxy) is 4.